The quantitative estimate of drug-likeness (QED) is 0.737. The second kappa shape index (κ2) is 4.07. The first-order valence-electron chi connectivity index (χ1n) is 4.39. The molecule has 0 spiro atoms. The van der Waals surface area contributed by atoms with Crippen molar-refractivity contribution in [1.29, 1.82) is 0 Å². The number of aromatic nitrogens is 2. The molecule has 72 valence electrons. The van der Waals surface area contributed by atoms with Gasteiger partial charge in [-0.3, -0.25) is 9.89 Å². The predicted octanol–water partition coefficient (Wildman–Crippen LogP) is 1.30. The van der Waals surface area contributed by atoms with E-state index in [-0.39, 0.29) is 6.42 Å². The predicted molar refractivity (Wildman–Crippen MR) is 48.7 cm³/mol. The molecule has 0 unspecified atom stereocenters. The van der Waals surface area contributed by atoms with Gasteiger partial charge >= 0.3 is 5.97 Å². The van der Waals surface area contributed by atoms with Crippen molar-refractivity contribution in [3.63, 3.8) is 0 Å². The number of aliphatic carboxylic acids is 1. The molecule has 0 aliphatic heterocycles. The molecule has 1 aromatic heterocycles. The van der Waals surface area contributed by atoms with Crippen molar-refractivity contribution in [3.05, 3.63) is 17.0 Å². The molecule has 1 aromatic rings. The van der Waals surface area contributed by atoms with Crippen LogP contribution in [0.3, 0.4) is 0 Å². The zero-order valence-electron chi connectivity index (χ0n) is 7.92. The average Bonchev–Trinajstić information content (AvgIpc) is 2.43. The summed E-state index contributed by atoms with van der Waals surface area (Å²) < 4.78 is 0. The van der Waals surface area contributed by atoms with E-state index in [0.717, 1.165) is 23.4 Å². The molecule has 0 saturated carbocycles. The van der Waals surface area contributed by atoms with Crippen LogP contribution in [0.15, 0.2) is 0 Å². The maximum absolute atomic E-state index is 10.4. The highest BCUT2D eigenvalue weighted by molar-refractivity contribution is 5.67. The van der Waals surface area contributed by atoms with Crippen molar-refractivity contribution in [2.45, 2.75) is 33.1 Å². The first kappa shape index (κ1) is 9.77. The van der Waals surface area contributed by atoms with Gasteiger partial charge in [0.15, 0.2) is 0 Å². The largest absolute Gasteiger partial charge is 0.481 e. The monoisotopic (exact) mass is 182 g/mol. The molecule has 4 nitrogen and oxygen atoms in total. The molecule has 0 fully saturated rings. The highest BCUT2D eigenvalue weighted by Gasteiger charge is 2.09. The van der Waals surface area contributed by atoms with E-state index in [2.05, 4.69) is 10.2 Å². The fourth-order valence-corrected chi connectivity index (χ4v) is 1.36. The van der Waals surface area contributed by atoms with Crippen LogP contribution in [-0.4, -0.2) is 21.3 Å². The number of carbonyl (C=O) groups is 1. The molecular weight excluding hydrogens is 168 g/mol. The van der Waals surface area contributed by atoms with Crippen LogP contribution in [0, 0.1) is 6.92 Å². The second-order valence-electron chi connectivity index (χ2n) is 3.02. The summed E-state index contributed by atoms with van der Waals surface area (Å²) >= 11 is 0. The summed E-state index contributed by atoms with van der Waals surface area (Å²) in [6, 6.07) is 0. The molecule has 0 amide bonds. The number of hydrogen-bond donors (Lipinski definition) is 2. The standard InChI is InChI=1S/C9H14N2O2/c1-3-8-7(4-5-9(12)13)6(2)10-11-8/h3-5H2,1-2H3,(H,10,11)(H,12,13). The number of aryl methyl sites for hydroxylation is 2. The van der Waals surface area contributed by atoms with Gasteiger partial charge in [0, 0.05) is 12.1 Å². The molecule has 0 saturated heterocycles. The molecule has 0 atom stereocenters. The zero-order chi connectivity index (χ0) is 9.84. The Hall–Kier alpha value is -1.32. The third kappa shape index (κ3) is 2.31. The summed E-state index contributed by atoms with van der Waals surface area (Å²) in [6.45, 7) is 3.93. The Labute approximate surface area is 77.0 Å². The van der Waals surface area contributed by atoms with Gasteiger partial charge in [0.05, 0.1) is 5.69 Å². The lowest BCUT2D eigenvalue weighted by atomic mass is 10.1. The fraction of sp³-hybridized carbons (Fsp3) is 0.556. The van der Waals surface area contributed by atoms with Gasteiger partial charge in [-0.1, -0.05) is 6.92 Å². The van der Waals surface area contributed by atoms with Crippen molar-refractivity contribution in [2.75, 3.05) is 0 Å². The number of nitrogens with zero attached hydrogens (tertiary/aromatic N) is 1. The topological polar surface area (TPSA) is 66.0 Å². The third-order valence-electron chi connectivity index (χ3n) is 2.08. The van der Waals surface area contributed by atoms with E-state index in [1.54, 1.807) is 0 Å². The Bertz CT molecular complexity index is 305. The normalized spacial score (nSPS) is 10.3. The summed E-state index contributed by atoms with van der Waals surface area (Å²) in [5.74, 6) is -0.761. The lowest BCUT2D eigenvalue weighted by Crippen LogP contribution is -1.99. The van der Waals surface area contributed by atoms with Gasteiger partial charge in [0.1, 0.15) is 0 Å². The molecule has 0 aliphatic rings. The molecule has 13 heavy (non-hydrogen) atoms. The number of carboxylic acids is 1. The summed E-state index contributed by atoms with van der Waals surface area (Å²) in [4.78, 5) is 10.4. The van der Waals surface area contributed by atoms with E-state index < -0.39 is 5.97 Å². The number of hydrogen-bond acceptors (Lipinski definition) is 2. The Kier molecular flexibility index (Phi) is 3.06. The van der Waals surface area contributed by atoms with Crippen LogP contribution < -0.4 is 0 Å². The number of aromatic amines is 1. The van der Waals surface area contributed by atoms with Crippen molar-refractivity contribution < 1.29 is 9.90 Å². The minimum absolute atomic E-state index is 0.174. The van der Waals surface area contributed by atoms with Crippen molar-refractivity contribution >= 4 is 5.97 Å². The minimum Gasteiger partial charge on any atom is -0.481 e. The van der Waals surface area contributed by atoms with E-state index in [0.29, 0.717) is 6.42 Å². The van der Waals surface area contributed by atoms with E-state index >= 15 is 0 Å². The molecule has 0 radical (unpaired) electrons. The Morgan fingerprint density at radius 1 is 1.62 bits per heavy atom. The van der Waals surface area contributed by atoms with Gasteiger partial charge < -0.3 is 5.11 Å². The van der Waals surface area contributed by atoms with Crippen molar-refractivity contribution in [2.24, 2.45) is 0 Å². The molecule has 4 heteroatoms. The van der Waals surface area contributed by atoms with Crippen molar-refractivity contribution in [1.82, 2.24) is 10.2 Å². The number of H-pyrrole nitrogens is 1. The van der Waals surface area contributed by atoms with Crippen LogP contribution in [0.25, 0.3) is 0 Å². The first-order chi connectivity index (χ1) is 6.15. The summed E-state index contributed by atoms with van der Waals surface area (Å²) in [6.07, 6.45) is 1.59. The Morgan fingerprint density at radius 2 is 2.31 bits per heavy atom. The summed E-state index contributed by atoms with van der Waals surface area (Å²) in [7, 11) is 0. The third-order valence-corrected chi connectivity index (χ3v) is 2.08. The van der Waals surface area contributed by atoms with Crippen LogP contribution in [0.4, 0.5) is 0 Å². The molecule has 0 aromatic carbocycles. The minimum atomic E-state index is -0.761. The first-order valence-corrected chi connectivity index (χ1v) is 4.39. The summed E-state index contributed by atoms with van der Waals surface area (Å²) in [5.41, 5.74) is 3.03. The van der Waals surface area contributed by atoms with Crippen LogP contribution >= 0.6 is 0 Å². The van der Waals surface area contributed by atoms with Gasteiger partial charge in [-0.2, -0.15) is 5.10 Å². The molecular formula is C9H14N2O2. The zero-order valence-corrected chi connectivity index (χ0v) is 7.92. The lowest BCUT2D eigenvalue weighted by molar-refractivity contribution is -0.136. The van der Waals surface area contributed by atoms with Gasteiger partial charge in [-0.15, -0.1) is 0 Å². The SMILES string of the molecule is CCc1n[nH]c(C)c1CCC(=O)O. The highest BCUT2D eigenvalue weighted by Crippen LogP contribution is 2.13. The number of nitrogens with one attached hydrogen (secondary N) is 1. The van der Waals surface area contributed by atoms with Gasteiger partial charge in [0.25, 0.3) is 0 Å². The average molecular weight is 182 g/mol. The van der Waals surface area contributed by atoms with Crippen LogP contribution in [0.1, 0.15) is 30.3 Å². The van der Waals surface area contributed by atoms with E-state index in [1.807, 2.05) is 13.8 Å². The molecule has 1 heterocycles. The smallest absolute Gasteiger partial charge is 0.303 e. The van der Waals surface area contributed by atoms with Crippen LogP contribution in [0.5, 0.6) is 0 Å². The maximum Gasteiger partial charge on any atom is 0.303 e. The van der Waals surface area contributed by atoms with E-state index in [9.17, 15) is 4.79 Å². The number of carboxylic acid groups (broad SMARTS) is 1. The van der Waals surface area contributed by atoms with Crippen molar-refractivity contribution in [3.8, 4) is 0 Å². The lowest BCUT2D eigenvalue weighted by Gasteiger charge is -1.98. The summed E-state index contributed by atoms with van der Waals surface area (Å²) in [5, 5.41) is 15.5. The highest BCUT2D eigenvalue weighted by atomic mass is 16.4. The second-order valence-corrected chi connectivity index (χ2v) is 3.02. The van der Waals surface area contributed by atoms with E-state index in [4.69, 9.17) is 5.11 Å². The Morgan fingerprint density at radius 3 is 2.85 bits per heavy atom. The maximum atomic E-state index is 10.4. The molecule has 2 N–H and O–H groups in total. The molecule has 0 bridgehead atoms. The fourth-order valence-electron chi connectivity index (χ4n) is 1.36. The van der Waals surface area contributed by atoms with Gasteiger partial charge in [-0.25, -0.2) is 0 Å². The number of rotatable bonds is 4. The van der Waals surface area contributed by atoms with E-state index in [1.165, 1.54) is 0 Å². The van der Waals surface area contributed by atoms with Crippen LogP contribution in [0.2, 0.25) is 0 Å². The molecule has 1 rings (SSSR count). The van der Waals surface area contributed by atoms with Gasteiger partial charge in [0.2, 0.25) is 0 Å². The van der Waals surface area contributed by atoms with Crippen LogP contribution in [-0.2, 0) is 17.6 Å². The molecule has 0 aliphatic carbocycles. The Balaban J connectivity index is 2.73. The van der Waals surface area contributed by atoms with Gasteiger partial charge in [-0.05, 0) is 25.3 Å².